The van der Waals surface area contributed by atoms with Gasteiger partial charge in [0.25, 0.3) is 0 Å². The molecule has 0 spiro atoms. The number of hydrogen-bond acceptors (Lipinski definition) is 3. The number of nitrogens with zero attached hydrogens (tertiary/aromatic N) is 2. The number of hydrogen-bond donors (Lipinski definition) is 1. The second-order valence-electron chi connectivity index (χ2n) is 2.55. The van der Waals surface area contributed by atoms with Crippen LogP contribution in [0.25, 0.3) is 0 Å². The highest BCUT2D eigenvalue weighted by molar-refractivity contribution is 6.76. The van der Waals surface area contributed by atoms with Crippen LogP contribution in [0.3, 0.4) is 0 Å². The Hall–Kier alpha value is 0.1000. The van der Waals surface area contributed by atoms with Gasteiger partial charge in [0.05, 0.1) is 26.3 Å². The predicted molar refractivity (Wildman–Crippen MR) is 54.3 cm³/mol. The molecule has 0 bridgehead atoms. The number of halogens is 3. The molecule has 76 valence electrons. The predicted octanol–water partition coefficient (Wildman–Crippen LogP) is 0.961. The third-order valence-corrected chi connectivity index (χ3v) is 2.11. The van der Waals surface area contributed by atoms with Crippen molar-refractivity contribution < 1.29 is 4.74 Å². The summed E-state index contributed by atoms with van der Waals surface area (Å²) in [6.45, 7) is 2.58. The van der Waals surface area contributed by atoms with Crippen molar-refractivity contribution in [2.24, 2.45) is 10.8 Å². The van der Waals surface area contributed by atoms with Crippen LogP contribution in [0.5, 0.6) is 0 Å². The van der Waals surface area contributed by atoms with Gasteiger partial charge >= 0.3 is 0 Å². The highest BCUT2D eigenvalue weighted by Gasteiger charge is 2.26. The molecule has 1 rings (SSSR count). The summed E-state index contributed by atoms with van der Waals surface area (Å²) < 4.78 is 3.49. The van der Waals surface area contributed by atoms with Crippen LogP contribution in [-0.4, -0.2) is 40.9 Å². The molecule has 7 heteroatoms. The fourth-order valence-electron chi connectivity index (χ4n) is 0.863. The van der Waals surface area contributed by atoms with E-state index in [0.717, 1.165) is 0 Å². The maximum absolute atomic E-state index is 5.52. The van der Waals surface area contributed by atoms with Crippen molar-refractivity contribution in [2.45, 2.75) is 3.79 Å². The van der Waals surface area contributed by atoms with Gasteiger partial charge in [0.15, 0.2) is 5.84 Å². The van der Waals surface area contributed by atoms with Crippen molar-refractivity contribution >= 4 is 40.6 Å². The van der Waals surface area contributed by atoms with Crippen molar-refractivity contribution in [2.75, 3.05) is 26.3 Å². The Morgan fingerprint density at radius 3 is 2.31 bits per heavy atom. The Morgan fingerprint density at radius 2 is 1.85 bits per heavy atom. The Bertz CT molecular complexity index is 198. The zero-order chi connectivity index (χ0) is 9.90. The standard InChI is InChI=1S/C6H10Cl3N3O/c7-6(8,9)5(10)11-12-1-3-13-4-2-12/h1-4H2,(H2,10,11). The maximum Gasteiger partial charge on any atom is 0.249 e. The van der Waals surface area contributed by atoms with E-state index in [2.05, 4.69) is 5.10 Å². The molecule has 13 heavy (non-hydrogen) atoms. The quantitative estimate of drug-likeness (QED) is 0.426. The van der Waals surface area contributed by atoms with Gasteiger partial charge in [-0.3, -0.25) is 5.01 Å². The van der Waals surface area contributed by atoms with Crippen molar-refractivity contribution in [1.29, 1.82) is 0 Å². The average molecular weight is 247 g/mol. The molecule has 0 aromatic rings. The number of nitrogens with two attached hydrogens (primary N) is 1. The molecule has 1 heterocycles. The first-order chi connectivity index (χ1) is 6.00. The number of rotatable bonds is 1. The minimum Gasteiger partial charge on any atom is -0.382 e. The van der Waals surface area contributed by atoms with Crippen LogP contribution < -0.4 is 5.73 Å². The Kier molecular flexibility index (Phi) is 3.91. The smallest absolute Gasteiger partial charge is 0.249 e. The molecule has 1 saturated heterocycles. The summed E-state index contributed by atoms with van der Waals surface area (Å²) in [7, 11) is 0. The largest absolute Gasteiger partial charge is 0.382 e. The van der Waals surface area contributed by atoms with Crippen LogP contribution >= 0.6 is 34.8 Å². The van der Waals surface area contributed by atoms with Crippen LogP contribution in [0.15, 0.2) is 5.10 Å². The maximum atomic E-state index is 5.52. The molecule has 1 fully saturated rings. The Morgan fingerprint density at radius 1 is 1.31 bits per heavy atom. The van der Waals surface area contributed by atoms with Gasteiger partial charge in [-0.05, 0) is 0 Å². The van der Waals surface area contributed by atoms with Gasteiger partial charge in [-0.1, -0.05) is 34.8 Å². The van der Waals surface area contributed by atoms with Gasteiger partial charge in [-0.15, -0.1) is 0 Å². The second-order valence-corrected chi connectivity index (χ2v) is 4.83. The monoisotopic (exact) mass is 245 g/mol. The van der Waals surface area contributed by atoms with E-state index in [4.69, 9.17) is 45.3 Å². The lowest BCUT2D eigenvalue weighted by atomic mass is 10.5. The molecule has 0 saturated carbocycles. The summed E-state index contributed by atoms with van der Waals surface area (Å²) in [6.07, 6.45) is 0. The van der Waals surface area contributed by atoms with Crippen LogP contribution in [-0.2, 0) is 4.74 Å². The number of ether oxygens (including phenoxy) is 1. The van der Waals surface area contributed by atoms with Gasteiger partial charge in [0.1, 0.15) is 0 Å². The molecule has 0 aromatic carbocycles. The van der Waals surface area contributed by atoms with E-state index in [1.807, 2.05) is 0 Å². The van der Waals surface area contributed by atoms with Crippen LogP contribution in [0.1, 0.15) is 0 Å². The molecule has 2 N–H and O–H groups in total. The molecule has 1 aliphatic rings. The van der Waals surface area contributed by atoms with Gasteiger partial charge in [-0.25, -0.2) is 0 Å². The lowest BCUT2D eigenvalue weighted by Gasteiger charge is -2.25. The van der Waals surface area contributed by atoms with Crippen molar-refractivity contribution in [3.05, 3.63) is 0 Å². The number of amidine groups is 1. The minimum absolute atomic E-state index is 0.0144. The van der Waals surface area contributed by atoms with E-state index in [1.165, 1.54) is 0 Å². The summed E-state index contributed by atoms with van der Waals surface area (Å²) in [5.41, 5.74) is 5.45. The lowest BCUT2D eigenvalue weighted by molar-refractivity contribution is 0.0392. The van der Waals surface area contributed by atoms with Gasteiger partial charge in [-0.2, -0.15) is 5.10 Å². The minimum atomic E-state index is -1.63. The highest BCUT2D eigenvalue weighted by atomic mass is 35.6. The molecule has 0 amide bonds. The van der Waals surface area contributed by atoms with E-state index >= 15 is 0 Å². The highest BCUT2D eigenvalue weighted by Crippen LogP contribution is 2.26. The zero-order valence-corrected chi connectivity index (χ0v) is 9.11. The molecule has 0 atom stereocenters. The fraction of sp³-hybridized carbons (Fsp3) is 0.833. The van der Waals surface area contributed by atoms with E-state index < -0.39 is 3.79 Å². The summed E-state index contributed by atoms with van der Waals surface area (Å²) in [6, 6.07) is 0. The third kappa shape index (κ3) is 3.77. The molecule has 4 nitrogen and oxygen atoms in total. The fourth-order valence-corrected chi connectivity index (χ4v) is 0.976. The topological polar surface area (TPSA) is 50.8 Å². The first kappa shape index (κ1) is 11.2. The van der Waals surface area contributed by atoms with Crippen molar-refractivity contribution in [3.63, 3.8) is 0 Å². The normalized spacial score (nSPS) is 20.5. The summed E-state index contributed by atoms with van der Waals surface area (Å²) >= 11 is 16.6. The molecular formula is C6H10Cl3N3O. The van der Waals surface area contributed by atoms with Gasteiger partial charge in [0, 0.05) is 0 Å². The lowest BCUT2D eigenvalue weighted by Crippen LogP contribution is -2.37. The van der Waals surface area contributed by atoms with E-state index in [-0.39, 0.29) is 5.84 Å². The first-order valence-corrected chi connectivity index (χ1v) is 4.87. The van der Waals surface area contributed by atoms with Gasteiger partial charge in [0.2, 0.25) is 3.79 Å². The van der Waals surface area contributed by atoms with E-state index in [1.54, 1.807) is 5.01 Å². The van der Waals surface area contributed by atoms with Crippen LogP contribution in [0.2, 0.25) is 0 Å². The Labute approximate surface area is 91.5 Å². The molecular weight excluding hydrogens is 236 g/mol. The third-order valence-electron chi connectivity index (χ3n) is 1.53. The molecule has 0 radical (unpaired) electrons. The summed E-state index contributed by atoms with van der Waals surface area (Å²) in [5, 5.41) is 5.68. The average Bonchev–Trinajstić information content (AvgIpc) is 2.04. The molecule has 0 aromatic heterocycles. The summed E-state index contributed by atoms with van der Waals surface area (Å²) in [4.78, 5) is 0. The second kappa shape index (κ2) is 4.55. The Balaban J connectivity index is 2.53. The van der Waals surface area contributed by atoms with Crippen LogP contribution in [0, 0.1) is 0 Å². The molecule has 0 unspecified atom stereocenters. The molecule has 1 aliphatic heterocycles. The first-order valence-electron chi connectivity index (χ1n) is 3.74. The number of hydrazone groups is 1. The van der Waals surface area contributed by atoms with Crippen molar-refractivity contribution in [1.82, 2.24) is 5.01 Å². The molecule has 0 aliphatic carbocycles. The SMILES string of the molecule is NC(=NN1CCOCC1)C(Cl)(Cl)Cl. The van der Waals surface area contributed by atoms with Crippen LogP contribution in [0.4, 0.5) is 0 Å². The van der Waals surface area contributed by atoms with Crippen molar-refractivity contribution in [3.8, 4) is 0 Å². The zero-order valence-electron chi connectivity index (χ0n) is 6.84. The van der Waals surface area contributed by atoms with E-state index in [0.29, 0.717) is 26.3 Å². The number of alkyl halides is 3. The summed E-state index contributed by atoms with van der Waals surface area (Å²) in [5.74, 6) is -0.0144. The van der Waals surface area contributed by atoms with E-state index in [9.17, 15) is 0 Å². The number of morpholine rings is 1. The van der Waals surface area contributed by atoms with Gasteiger partial charge < -0.3 is 10.5 Å².